The van der Waals surface area contributed by atoms with E-state index >= 15 is 0 Å². The van der Waals surface area contributed by atoms with Crippen molar-refractivity contribution < 1.29 is 9.84 Å². The summed E-state index contributed by atoms with van der Waals surface area (Å²) in [5.74, 6) is 0. The molecule has 1 atom stereocenters. The monoisotopic (exact) mass is 277 g/mol. The molecule has 1 saturated carbocycles. The van der Waals surface area contributed by atoms with Gasteiger partial charge in [0.05, 0.1) is 12.7 Å². The van der Waals surface area contributed by atoms with Crippen LogP contribution in [0.4, 0.5) is 0 Å². The highest BCUT2D eigenvalue weighted by Gasteiger charge is 2.27. The van der Waals surface area contributed by atoms with Crippen molar-refractivity contribution in [3.05, 3.63) is 35.9 Å². The van der Waals surface area contributed by atoms with Crippen LogP contribution in [0.15, 0.2) is 30.3 Å². The molecular weight excluding hydrogens is 250 g/mol. The first-order chi connectivity index (χ1) is 9.62. The molecule has 3 nitrogen and oxygen atoms in total. The van der Waals surface area contributed by atoms with Gasteiger partial charge in [-0.25, -0.2) is 0 Å². The van der Waals surface area contributed by atoms with Crippen molar-refractivity contribution >= 4 is 0 Å². The summed E-state index contributed by atoms with van der Waals surface area (Å²) in [5, 5.41) is 14.0. The second-order valence-corrected chi connectivity index (χ2v) is 5.98. The molecule has 2 rings (SSSR count). The lowest BCUT2D eigenvalue weighted by Gasteiger charge is -2.32. The summed E-state index contributed by atoms with van der Waals surface area (Å²) in [6.07, 6.45) is 4.81. The zero-order chi connectivity index (χ0) is 14.4. The van der Waals surface area contributed by atoms with E-state index in [1.165, 1.54) is 12.8 Å². The average Bonchev–Trinajstić information content (AvgIpc) is 2.48. The summed E-state index contributed by atoms with van der Waals surface area (Å²) in [6, 6.07) is 10.4. The molecule has 1 aromatic rings. The second kappa shape index (κ2) is 7.21. The predicted octanol–water partition coefficient (Wildman–Crippen LogP) is 2.83. The summed E-state index contributed by atoms with van der Waals surface area (Å²) in [6.45, 7) is 5.39. The Morgan fingerprint density at radius 3 is 2.45 bits per heavy atom. The van der Waals surface area contributed by atoms with Gasteiger partial charge >= 0.3 is 0 Å². The van der Waals surface area contributed by atoms with Gasteiger partial charge in [-0.2, -0.15) is 0 Å². The summed E-state index contributed by atoms with van der Waals surface area (Å²) < 4.78 is 5.95. The normalized spacial score (nSPS) is 26.1. The Bertz CT molecular complexity index is 383. The lowest BCUT2D eigenvalue weighted by molar-refractivity contribution is -0.0769. The number of aliphatic hydroxyl groups is 1. The van der Waals surface area contributed by atoms with E-state index in [0.717, 1.165) is 24.9 Å². The highest BCUT2D eigenvalue weighted by molar-refractivity contribution is 5.21. The van der Waals surface area contributed by atoms with Crippen LogP contribution in [0, 0.1) is 0 Å². The molecule has 1 aromatic carbocycles. The molecule has 2 N–H and O–H groups in total. The molecule has 3 heteroatoms. The van der Waals surface area contributed by atoms with Crippen LogP contribution >= 0.6 is 0 Å². The minimum atomic E-state index is -0.903. The van der Waals surface area contributed by atoms with Crippen LogP contribution in [0.3, 0.4) is 0 Å². The van der Waals surface area contributed by atoms with Crippen LogP contribution in [-0.2, 0) is 10.3 Å². The van der Waals surface area contributed by atoms with Crippen molar-refractivity contribution in [3.63, 3.8) is 0 Å². The highest BCUT2D eigenvalue weighted by atomic mass is 16.5. The Morgan fingerprint density at radius 1 is 1.20 bits per heavy atom. The van der Waals surface area contributed by atoms with E-state index in [1.54, 1.807) is 0 Å². The summed E-state index contributed by atoms with van der Waals surface area (Å²) in [5.41, 5.74) is 0.0149. The Kier molecular flexibility index (Phi) is 5.58. The largest absolute Gasteiger partial charge is 0.383 e. The van der Waals surface area contributed by atoms with Crippen LogP contribution in [0.25, 0.3) is 0 Å². The lowest BCUT2D eigenvalue weighted by atomic mass is 9.92. The molecular formula is C17H27NO2. The minimum Gasteiger partial charge on any atom is -0.383 e. The summed E-state index contributed by atoms with van der Waals surface area (Å²) >= 11 is 0. The molecule has 0 aliphatic heterocycles. The number of hydrogen-bond donors (Lipinski definition) is 2. The molecule has 0 aromatic heterocycles. The van der Waals surface area contributed by atoms with Crippen molar-refractivity contribution in [2.75, 3.05) is 13.2 Å². The van der Waals surface area contributed by atoms with Gasteiger partial charge in [0.2, 0.25) is 0 Å². The molecule has 20 heavy (non-hydrogen) atoms. The zero-order valence-corrected chi connectivity index (χ0v) is 12.6. The van der Waals surface area contributed by atoms with E-state index in [1.807, 2.05) is 37.3 Å². The fraction of sp³-hybridized carbons (Fsp3) is 0.647. The van der Waals surface area contributed by atoms with Crippen molar-refractivity contribution in [1.82, 2.24) is 5.32 Å². The van der Waals surface area contributed by atoms with Crippen LogP contribution in [0.1, 0.15) is 45.1 Å². The SMILES string of the molecule is CCNC1CCC(OCC(C)(O)c2ccccc2)CC1. The Balaban J connectivity index is 1.78. The quantitative estimate of drug-likeness (QED) is 0.840. The van der Waals surface area contributed by atoms with E-state index in [0.29, 0.717) is 18.8 Å². The third-order valence-corrected chi connectivity index (χ3v) is 4.16. The van der Waals surface area contributed by atoms with Gasteiger partial charge in [-0.1, -0.05) is 37.3 Å². The number of rotatable bonds is 6. The fourth-order valence-corrected chi connectivity index (χ4v) is 2.88. The Morgan fingerprint density at radius 2 is 1.85 bits per heavy atom. The minimum absolute atomic E-state index is 0.292. The van der Waals surface area contributed by atoms with Crippen molar-refractivity contribution in [1.29, 1.82) is 0 Å². The van der Waals surface area contributed by atoms with Crippen LogP contribution < -0.4 is 5.32 Å². The first kappa shape index (κ1) is 15.5. The van der Waals surface area contributed by atoms with E-state index in [2.05, 4.69) is 12.2 Å². The van der Waals surface area contributed by atoms with Gasteiger partial charge in [0.1, 0.15) is 5.60 Å². The lowest BCUT2D eigenvalue weighted by Crippen LogP contribution is -2.37. The molecule has 1 aliphatic rings. The van der Waals surface area contributed by atoms with Crippen LogP contribution in [-0.4, -0.2) is 30.4 Å². The van der Waals surface area contributed by atoms with Gasteiger partial charge in [0, 0.05) is 6.04 Å². The van der Waals surface area contributed by atoms with E-state index < -0.39 is 5.60 Å². The smallest absolute Gasteiger partial charge is 0.110 e. The molecule has 112 valence electrons. The van der Waals surface area contributed by atoms with Gasteiger partial charge < -0.3 is 15.2 Å². The van der Waals surface area contributed by atoms with Crippen LogP contribution in [0.2, 0.25) is 0 Å². The van der Waals surface area contributed by atoms with Gasteiger partial charge in [-0.15, -0.1) is 0 Å². The molecule has 0 amide bonds. The van der Waals surface area contributed by atoms with Gasteiger partial charge in [0.15, 0.2) is 0 Å². The van der Waals surface area contributed by atoms with Gasteiger partial charge in [-0.3, -0.25) is 0 Å². The number of ether oxygens (including phenoxy) is 1. The molecule has 1 fully saturated rings. The maximum Gasteiger partial charge on any atom is 0.110 e. The second-order valence-electron chi connectivity index (χ2n) is 5.98. The number of benzene rings is 1. The summed E-state index contributed by atoms with van der Waals surface area (Å²) in [4.78, 5) is 0. The van der Waals surface area contributed by atoms with Crippen molar-refractivity contribution in [2.24, 2.45) is 0 Å². The molecule has 0 spiro atoms. The fourth-order valence-electron chi connectivity index (χ4n) is 2.88. The Labute approximate surface area is 122 Å². The van der Waals surface area contributed by atoms with E-state index in [4.69, 9.17) is 4.74 Å². The zero-order valence-electron chi connectivity index (χ0n) is 12.6. The van der Waals surface area contributed by atoms with E-state index in [9.17, 15) is 5.11 Å². The highest BCUT2D eigenvalue weighted by Crippen LogP contribution is 2.25. The topological polar surface area (TPSA) is 41.5 Å². The molecule has 0 saturated heterocycles. The Hall–Kier alpha value is -0.900. The van der Waals surface area contributed by atoms with Gasteiger partial charge in [0.25, 0.3) is 0 Å². The first-order valence-corrected chi connectivity index (χ1v) is 7.74. The average molecular weight is 277 g/mol. The van der Waals surface area contributed by atoms with Crippen LogP contribution in [0.5, 0.6) is 0 Å². The molecule has 0 bridgehead atoms. The standard InChI is InChI=1S/C17H27NO2/c1-3-18-15-9-11-16(12-10-15)20-13-17(2,19)14-7-5-4-6-8-14/h4-8,15-16,18-19H,3,9-13H2,1-2H3. The predicted molar refractivity (Wildman–Crippen MR) is 81.7 cm³/mol. The number of hydrogen-bond acceptors (Lipinski definition) is 3. The van der Waals surface area contributed by atoms with Crippen molar-refractivity contribution in [3.8, 4) is 0 Å². The first-order valence-electron chi connectivity index (χ1n) is 7.74. The maximum atomic E-state index is 10.5. The molecule has 0 radical (unpaired) electrons. The molecule has 1 unspecified atom stereocenters. The number of nitrogens with one attached hydrogen (secondary N) is 1. The third kappa shape index (κ3) is 4.30. The van der Waals surface area contributed by atoms with Crippen molar-refractivity contribution in [2.45, 2.75) is 57.3 Å². The molecule has 1 aliphatic carbocycles. The van der Waals surface area contributed by atoms with Gasteiger partial charge in [-0.05, 0) is 44.7 Å². The third-order valence-electron chi connectivity index (χ3n) is 4.16. The van der Waals surface area contributed by atoms with E-state index in [-0.39, 0.29) is 0 Å². The molecule has 0 heterocycles. The maximum absolute atomic E-state index is 10.5. The summed E-state index contributed by atoms with van der Waals surface area (Å²) in [7, 11) is 0.